The number of hydrogen-bond donors (Lipinski definition) is 1. The largest absolute Gasteiger partial charge is 0.495 e. The first-order chi connectivity index (χ1) is 56.2. The molecule has 0 saturated carbocycles. The molecule has 616 valence electrons. The van der Waals surface area contributed by atoms with Crippen molar-refractivity contribution in [1.82, 2.24) is 47.9 Å². The van der Waals surface area contributed by atoms with E-state index in [1.54, 1.807) is 89.3 Å². The average Bonchev–Trinajstić information content (AvgIpc) is 1.72. The van der Waals surface area contributed by atoms with Crippen LogP contribution in [-0.4, -0.2) is 81.2 Å². The Morgan fingerprint density at radius 1 is 0.479 bits per heavy atom. The summed E-state index contributed by atoms with van der Waals surface area (Å²) < 4.78 is 228. The molecule has 6 aromatic heterocycles. The molecule has 0 bridgehead atoms. The van der Waals surface area contributed by atoms with Crippen molar-refractivity contribution in [2.45, 2.75) is 123 Å². The number of alkyl halides is 12. The summed E-state index contributed by atoms with van der Waals surface area (Å²) in [5, 5.41) is 3.42. The summed E-state index contributed by atoms with van der Waals surface area (Å²) in [5.74, 6) is -0.912. The predicted octanol–water partition coefficient (Wildman–Crippen LogP) is 22.5. The number of aromatic nitrogens is 9. The summed E-state index contributed by atoms with van der Waals surface area (Å²) in [6.45, 7) is 13.8. The number of thiazole rings is 1. The van der Waals surface area contributed by atoms with Crippen molar-refractivity contribution in [3.63, 3.8) is 0 Å². The van der Waals surface area contributed by atoms with Crippen LogP contribution in [0.2, 0.25) is 0 Å². The number of pyridine rings is 2. The molecule has 0 spiro atoms. The van der Waals surface area contributed by atoms with Crippen LogP contribution in [0.15, 0.2) is 231 Å². The molecule has 0 amide bonds. The molecule has 0 atom stereocenters. The zero-order valence-corrected chi connectivity index (χ0v) is 67.7. The molecular formula is C86H73BBrF14N11O4S2. The molecule has 33 heteroatoms. The van der Waals surface area contributed by atoms with Crippen LogP contribution in [0.25, 0.3) is 72.0 Å². The molecule has 14 aromatic rings. The van der Waals surface area contributed by atoms with Gasteiger partial charge in [0.1, 0.15) is 5.82 Å². The number of rotatable bonds is 10. The fraction of sp³-hybridized carbons (Fsp3) is 0.233. The van der Waals surface area contributed by atoms with Gasteiger partial charge >= 0.3 is 42.0 Å². The monoisotopic (exact) mass is 1740 g/mol. The Balaban J connectivity index is 0.000000134. The highest BCUT2D eigenvalue weighted by Gasteiger charge is 2.52. The molecule has 119 heavy (non-hydrogen) atoms. The van der Waals surface area contributed by atoms with Gasteiger partial charge in [-0.15, -0.1) is 0 Å². The van der Waals surface area contributed by atoms with Gasteiger partial charge in [-0.1, -0.05) is 102 Å². The van der Waals surface area contributed by atoms with Gasteiger partial charge in [-0.25, -0.2) is 29.0 Å². The van der Waals surface area contributed by atoms with E-state index >= 15 is 0 Å². The smallest absolute Gasteiger partial charge is 0.399 e. The van der Waals surface area contributed by atoms with Crippen LogP contribution in [0.3, 0.4) is 0 Å². The zero-order valence-electron chi connectivity index (χ0n) is 64.5. The third-order valence-corrected chi connectivity index (χ3v) is 23.5. The Labute approximate surface area is 687 Å². The first-order valence-electron chi connectivity index (χ1n) is 37.0. The number of anilines is 1. The normalized spacial score (nSPS) is 14.7. The topological polar surface area (TPSA) is 160 Å². The van der Waals surface area contributed by atoms with Gasteiger partial charge in [-0.05, 0) is 224 Å². The predicted molar refractivity (Wildman–Crippen MR) is 433 cm³/mol. The summed E-state index contributed by atoms with van der Waals surface area (Å²) in [6, 6.07) is 40.8. The zero-order chi connectivity index (χ0) is 85.3. The third-order valence-electron chi connectivity index (χ3n) is 20.6. The van der Waals surface area contributed by atoms with Crippen LogP contribution < -0.4 is 10.2 Å². The van der Waals surface area contributed by atoms with Crippen molar-refractivity contribution in [3.8, 4) is 50.4 Å². The number of aryl methyl sites for hydroxylation is 4. The minimum atomic E-state index is -4.51. The number of nitrogens with zero attached hydrogens (tertiary/aromatic N) is 10. The van der Waals surface area contributed by atoms with E-state index in [1.807, 2.05) is 67.7 Å². The quantitative estimate of drug-likeness (QED) is 0.103. The molecule has 15 nitrogen and oxygen atoms in total. The van der Waals surface area contributed by atoms with E-state index in [9.17, 15) is 69.9 Å². The van der Waals surface area contributed by atoms with Gasteiger partial charge in [0, 0.05) is 78.5 Å². The standard InChI is InChI=1S/C23H19F4N5O2S2.C21H19F3N2.C20H14F3N3.C15H18BNO2.C7H3BrF4/c1-14-11-31(13-29-14)20-9-16(23(25,26)27)5-6-19(20)18-4-2-3-15-12-32(8-7-17(15)18)36(33,34)30-22-28-10-21(24)35-22;1-14-12-26(13-25-14)20-11-16(21(22,23)24)9-10-19(20)18-8-4-6-15-5-2-3-7-17(15)18;1-13-11-26(12-25-13)19-9-15(20(21,22)23)5-6-18(19)17-4-2-3-14-10-24-8-7-16(14)17;1-14(2)15(3,4)19-16(18-14)13-7-5-6-11-10-17-9-8-12(11)13;8-5-2-1-4(3-6(5)9)7(10,11)12/h2-6,9-11,13H,7-8,12H2,1H3,(H,28,30);4,6,8-13H,2-3,5,7H2,1H3;2-12H,1H3;5-10H,1-4H3;1-3H. The van der Waals surface area contributed by atoms with Gasteiger partial charge in [0.25, 0.3) is 0 Å². The Morgan fingerprint density at radius 2 is 0.908 bits per heavy atom. The maximum atomic E-state index is 13.5. The van der Waals surface area contributed by atoms with Gasteiger partial charge in [0.05, 0.1) is 97.3 Å². The van der Waals surface area contributed by atoms with E-state index in [0.717, 1.165) is 140 Å². The summed E-state index contributed by atoms with van der Waals surface area (Å²) in [4.78, 5) is 24.5. The highest BCUT2D eigenvalue weighted by Crippen LogP contribution is 2.44. The number of fused-ring (bicyclic) bond motifs is 4. The summed E-state index contributed by atoms with van der Waals surface area (Å²) in [6.07, 6.45) is 4.53. The summed E-state index contributed by atoms with van der Waals surface area (Å²) >= 11 is 3.34. The summed E-state index contributed by atoms with van der Waals surface area (Å²) in [7, 11) is -4.31. The molecule has 8 aromatic carbocycles. The molecule has 17 rings (SSSR count). The van der Waals surface area contributed by atoms with E-state index in [1.165, 1.54) is 52.4 Å². The van der Waals surface area contributed by atoms with E-state index in [4.69, 9.17) is 9.31 Å². The lowest BCUT2D eigenvalue weighted by Crippen LogP contribution is -2.41. The molecule has 3 aliphatic rings. The first kappa shape index (κ1) is 85.9. The Hall–Kier alpha value is -11.0. The second kappa shape index (κ2) is 34.4. The number of imidazole rings is 3. The Kier molecular flexibility index (Phi) is 24.8. The number of nitrogens with one attached hydrogen (secondary N) is 1. The Bertz CT molecular complexity index is 6140. The van der Waals surface area contributed by atoms with E-state index in [-0.39, 0.29) is 41.0 Å². The second-order valence-corrected chi connectivity index (χ2v) is 32.8. The number of halogens is 15. The van der Waals surface area contributed by atoms with Crippen molar-refractivity contribution in [2.24, 2.45) is 0 Å². The molecular weight excluding hydrogens is 1670 g/mol. The average molecular weight is 1750 g/mol. The van der Waals surface area contributed by atoms with Gasteiger partial charge in [0.2, 0.25) is 0 Å². The molecule has 8 heterocycles. The highest BCUT2D eigenvalue weighted by atomic mass is 79.9. The third kappa shape index (κ3) is 19.7. The second-order valence-electron chi connectivity index (χ2n) is 29.3. The van der Waals surface area contributed by atoms with Gasteiger partial charge in [-0.3, -0.25) is 9.97 Å². The summed E-state index contributed by atoms with van der Waals surface area (Å²) in [5.41, 5.74) is 9.59. The number of benzene rings is 8. The van der Waals surface area contributed by atoms with Crippen molar-refractivity contribution in [2.75, 3.05) is 11.3 Å². The van der Waals surface area contributed by atoms with Crippen molar-refractivity contribution < 1.29 is 79.2 Å². The SMILES string of the molecule is CC1(C)OB(c2cccc3cnccc23)OC1(C)C.Cc1cn(-c2cc(C(F)(F)F)ccc2-c2cccc3c2CCCC3)cn1.Cc1cn(-c2cc(C(F)(F)F)ccc2-c2cccc3c2CCN(S(=O)(=O)Nc2ncc(F)s2)C3)cn1.Cc1cn(-c2cc(C(F)(F)F)ccc2-c2cccc3cnccc23)cn1.Fc1cc(C(F)(F)F)ccc1Br. The van der Waals surface area contributed by atoms with Gasteiger partial charge in [-0.2, -0.15) is 69.8 Å². The van der Waals surface area contributed by atoms with Crippen LogP contribution >= 0.6 is 27.3 Å². The molecule has 1 aliphatic carbocycles. The van der Waals surface area contributed by atoms with Crippen LogP contribution in [-0.2, 0) is 70.0 Å². The van der Waals surface area contributed by atoms with E-state index in [0.29, 0.717) is 57.7 Å². The lowest BCUT2D eigenvalue weighted by molar-refractivity contribution is -0.138. The van der Waals surface area contributed by atoms with Crippen molar-refractivity contribution in [3.05, 3.63) is 303 Å². The van der Waals surface area contributed by atoms with E-state index < -0.39 is 68.1 Å². The van der Waals surface area contributed by atoms with Crippen molar-refractivity contribution >= 4 is 76.7 Å². The fourth-order valence-electron chi connectivity index (χ4n) is 14.0. The minimum absolute atomic E-state index is 0.0236. The van der Waals surface area contributed by atoms with Crippen LogP contribution in [0.4, 0.5) is 66.6 Å². The van der Waals surface area contributed by atoms with Gasteiger partial charge in [0.15, 0.2) is 10.3 Å². The molecule has 0 radical (unpaired) electrons. The van der Waals surface area contributed by atoms with Crippen LogP contribution in [0.5, 0.6) is 0 Å². The molecule has 1 saturated heterocycles. The minimum Gasteiger partial charge on any atom is -0.399 e. The maximum Gasteiger partial charge on any atom is 0.495 e. The Morgan fingerprint density at radius 3 is 1.38 bits per heavy atom. The maximum absolute atomic E-state index is 13.5. The van der Waals surface area contributed by atoms with E-state index in [2.05, 4.69) is 96.4 Å². The van der Waals surface area contributed by atoms with Crippen LogP contribution in [0, 0.1) is 31.7 Å². The lowest BCUT2D eigenvalue weighted by atomic mass is 9.76. The fourth-order valence-corrected chi connectivity index (χ4v) is 16.2. The first-order valence-corrected chi connectivity index (χ1v) is 40.1. The lowest BCUT2D eigenvalue weighted by Gasteiger charge is -2.32. The highest BCUT2D eigenvalue weighted by molar-refractivity contribution is 9.10. The molecule has 1 fully saturated rings. The van der Waals surface area contributed by atoms with Gasteiger partial charge < -0.3 is 23.0 Å². The van der Waals surface area contributed by atoms with Crippen LogP contribution in [0.1, 0.15) is 102 Å². The number of hydrogen-bond acceptors (Lipinski definition) is 11. The molecule has 2 aliphatic heterocycles. The molecule has 1 N–H and O–H groups in total. The molecule has 0 unspecified atom stereocenters. The van der Waals surface area contributed by atoms with Crippen molar-refractivity contribution in [1.29, 1.82) is 0 Å².